The largest absolute Gasteiger partial charge is 0.481 e. The molecule has 0 bridgehead atoms. The molecule has 5 heteroatoms. The Morgan fingerprint density at radius 3 is 1.76 bits per heavy atom. The molecule has 0 saturated heterocycles. The van der Waals surface area contributed by atoms with E-state index in [4.69, 9.17) is 10.2 Å². The van der Waals surface area contributed by atoms with Gasteiger partial charge in [-0.15, -0.1) is 0 Å². The van der Waals surface area contributed by atoms with E-state index >= 15 is 0 Å². The minimum Gasteiger partial charge on any atom is -0.481 e. The number of carboxylic acid groups (broad SMARTS) is 2. The fraction of sp³-hybridized carbons (Fsp3) is 0.750. The molecule has 0 aromatic rings. The summed E-state index contributed by atoms with van der Waals surface area (Å²) < 4.78 is 0. The Bertz CT molecular complexity index is 282. The maximum atomic E-state index is 12.0. The quantitative estimate of drug-likeness (QED) is 0.739. The average Bonchev–Trinajstić information content (AvgIpc) is 2.25. The van der Waals surface area contributed by atoms with Crippen molar-refractivity contribution in [2.45, 2.75) is 44.9 Å². The van der Waals surface area contributed by atoms with E-state index < -0.39 is 11.9 Å². The summed E-state index contributed by atoms with van der Waals surface area (Å²) in [6, 6.07) is 0. The van der Waals surface area contributed by atoms with Crippen molar-refractivity contribution in [2.24, 2.45) is 11.8 Å². The zero-order valence-corrected chi connectivity index (χ0v) is 9.72. The van der Waals surface area contributed by atoms with Crippen LogP contribution in [0.5, 0.6) is 0 Å². The van der Waals surface area contributed by atoms with Gasteiger partial charge in [0.15, 0.2) is 0 Å². The normalized spacial score (nSPS) is 24.6. The van der Waals surface area contributed by atoms with Crippen LogP contribution in [0.15, 0.2) is 0 Å². The number of aliphatic carboxylic acids is 2. The molecule has 96 valence electrons. The smallest absolute Gasteiger partial charge is 0.303 e. The van der Waals surface area contributed by atoms with Crippen LogP contribution in [0.3, 0.4) is 0 Å². The summed E-state index contributed by atoms with van der Waals surface area (Å²) in [6.07, 6.45) is 3.19. The third kappa shape index (κ3) is 4.54. The lowest BCUT2D eigenvalue weighted by atomic mass is 9.76. The van der Waals surface area contributed by atoms with Gasteiger partial charge in [0.2, 0.25) is 0 Å². The molecule has 1 aliphatic carbocycles. The Morgan fingerprint density at radius 1 is 1.00 bits per heavy atom. The predicted molar refractivity (Wildman–Crippen MR) is 59.6 cm³/mol. The number of ketones is 1. The summed E-state index contributed by atoms with van der Waals surface area (Å²) in [7, 11) is 0. The van der Waals surface area contributed by atoms with Crippen molar-refractivity contribution >= 4 is 17.7 Å². The maximum absolute atomic E-state index is 12.0. The molecule has 0 amide bonds. The molecule has 2 atom stereocenters. The number of Topliss-reactive ketones (excluding diaryl/α,β-unsaturated/α-hetero) is 1. The molecular formula is C12H18O5. The molecule has 0 heterocycles. The van der Waals surface area contributed by atoms with Gasteiger partial charge in [0.25, 0.3) is 0 Å². The Morgan fingerprint density at radius 2 is 1.41 bits per heavy atom. The standard InChI is InChI=1S/C12H18O5/c13-10(14)6-4-8-2-1-3-9(12(8)17)5-7-11(15)16/h8-9H,1-7H2,(H,13,14)(H,15,16)/t8-,9-/m0/s1. The lowest BCUT2D eigenvalue weighted by molar-refractivity contribution is -0.138. The van der Waals surface area contributed by atoms with E-state index in [1.54, 1.807) is 0 Å². The molecular weight excluding hydrogens is 224 g/mol. The Labute approximate surface area is 99.8 Å². The second kappa shape index (κ2) is 6.37. The van der Waals surface area contributed by atoms with Crippen LogP contribution in [0, 0.1) is 11.8 Å². The minimum absolute atomic E-state index is 0.0159. The van der Waals surface area contributed by atoms with Gasteiger partial charge in [-0.05, 0) is 25.7 Å². The van der Waals surface area contributed by atoms with Gasteiger partial charge in [0.05, 0.1) is 0 Å². The monoisotopic (exact) mass is 242 g/mol. The van der Waals surface area contributed by atoms with Gasteiger partial charge in [0.1, 0.15) is 5.78 Å². The SMILES string of the molecule is O=C(O)CC[C@@H]1CCC[C@@H](CCC(=O)O)C1=O. The summed E-state index contributed by atoms with van der Waals surface area (Å²) in [5, 5.41) is 17.2. The first-order valence-corrected chi connectivity index (χ1v) is 5.98. The highest BCUT2D eigenvalue weighted by Crippen LogP contribution is 2.31. The van der Waals surface area contributed by atoms with Crippen molar-refractivity contribution in [3.05, 3.63) is 0 Å². The topological polar surface area (TPSA) is 91.7 Å². The molecule has 0 aliphatic heterocycles. The van der Waals surface area contributed by atoms with E-state index in [1.807, 2.05) is 0 Å². The van der Waals surface area contributed by atoms with Crippen LogP contribution < -0.4 is 0 Å². The molecule has 0 spiro atoms. The lowest BCUT2D eigenvalue weighted by Crippen LogP contribution is -2.29. The zero-order valence-electron chi connectivity index (χ0n) is 9.72. The van der Waals surface area contributed by atoms with E-state index in [-0.39, 0.29) is 30.5 Å². The Hall–Kier alpha value is -1.39. The van der Waals surface area contributed by atoms with Crippen molar-refractivity contribution in [1.82, 2.24) is 0 Å². The van der Waals surface area contributed by atoms with E-state index in [9.17, 15) is 14.4 Å². The summed E-state index contributed by atoms with van der Waals surface area (Å²) >= 11 is 0. The predicted octanol–water partition coefficient (Wildman–Crippen LogP) is 1.70. The van der Waals surface area contributed by atoms with Crippen molar-refractivity contribution in [2.75, 3.05) is 0 Å². The van der Waals surface area contributed by atoms with Gasteiger partial charge < -0.3 is 10.2 Å². The van der Waals surface area contributed by atoms with E-state index in [0.29, 0.717) is 12.8 Å². The van der Waals surface area contributed by atoms with Crippen LogP contribution in [0.2, 0.25) is 0 Å². The average molecular weight is 242 g/mol. The molecule has 0 unspecified atom stereocenters. The third-order valence-electron chi connectivity index (χ3n) is 3.32. The highest BCUT2D eigenvalue weighted by molar-refractivity contribution is 5.85. The molecule has 0 radical (unpaired) electrons. The van der Waals surface area contributed by atoms with E-state index in [0.717, 1.165) is 19.3 Å². The first kappa shape index (κ1) is 13.7. The van der Waals surface area contributed by atoms with Crippen LogP contribution in [-0.2, 0) is 14.4 Å². The van der Waals surface area contributed by atoms with Gasteiger partial charge in [-0.2, -0.15) is 0 Å². The number of hydrogen-bond acceptors (Lipinski definition) is 3. The Balaban J connectivity index is 2.44. The van der Waals surface area contributed by atoms with Crippen LogP contribution in [0.1, 0.15) is 44.9 Å². The molecule has 2 N–H and O–H groups in total. The van der Waals surface area contributed by atoms with Crippen LogP contribution in [0.25, 0.3) is 0 Å². The van der Waals surface area contributed by atoms with Gasteiger partial charge >= 0.3 is 11.9 Å². The fourth-order valence-corrected chi connectivity index (χ4v) is 2.40. The van der Waals surface area contributed by atoms with Crippen molar-refractivity contribution in [1.29, 1.82) is 0 Å². The van der Waals surface area contributed by atoms with E-state index in [2.05, 4.69) is 0 Å². The molecule has 5 nitrogen and oxygen atoms in total. The highest BCUT2D eigenvalue weighted by atomic mass is 16.4. The lowest BCUT2D eigenvalue weighted by Gasteiger charge is -2.27. The molecule has 17 heavy (non-hydrogen) atoms. The molecule has 1 fully saturated rings. The molecule has 1 rings (SSSR count). The zero-order chi connectivity index (χ0) is 12.8. The van der Waals surface area contributed by atoms with Crippen LogP contribution in [0.4, 0.5) is 0 Å². The molecule has 1 aliphatic rings. The van der Waals surface area contributed by atoms with Crippen LogP contribution in [-0.4, -0.2) is 27.9 Å². The first-order chi connectivity index (χ1) is 8.00. The fourth-order valence-electron chi connectivity index (χ4n) is 2.40. The van der Waals surface area contributed by atoms with Crippen molar-refractivity contribution in [3.8, 4) is 0 Å². The summed E-state index contributed by atoms with van der Waals surface area (Å²) in [4.78, 5) is 32.9. The number of carboxylic acids is 2. The minimum atomic E-state index is -0.884. The second-order valence-electron chi connectivity index (χ2n) is 4.59. The van der Waals surface area contributed by atoms with Crippen molar-refractivity contribution < 1.29 is 24.6 Å². The van der Waals surface area contributed by atoms with Crippen molar-refractivity contribution in [3.63, 3.8) is 0 Å². The maximum Gasteiger partial charge on any atom is 0.303 e. The summed E-state index contributed by atoms with van der Waals surface area (Å²) in [5.41, 5.74) is 0. The Kier molecular flexibility index (Phi) is 5.12. The highest BCUT2D eigenvalue weighted by Gasteiger charge is 2.31. The molecule has 0 aromatic carbocycles. The summed E-state index contributed by atoms with van der Waals surface area (Å²) in [6.45, 7) is 0. The number of carbonyl (C=O) groups is 3. The first-order valence-electron chi connectivity index (χ1n) is 5.98. The second-order valence-corrected chi connectivity index (χ2v) is 4.59. The van der Waals surface area contributed by atoms with Crippen LogP contribution >= 0.6 is 0 Å². The number of carbonyl (C=O) groups excluding carboxylic acids is 1. The third-order valence-corrected chi connectivity index (χ3v) is 3.32. The van der Waals surface area contributed by atoms with Gasteiger partial charge in [0, 0.05) is 24.7 Å². The summed E-state index contributed by atoms with van der Waals surface area (Å²) in [5.74, 6) is -2.06. The van der Waals surface area contributed by atoms with Gasteiger partial charge in [-0.1, -0.05) is 6.42 Å². The number of hydrogen-bond donors (Lipinski definition) is 2. The van der Waals surface area contributed by atoms with Gasteiger partial charge in [-0.3, -0.25) is 14.4 Å². The molecule has 0 aromatic heterocycles. The van der Waals surface area contributed by atoms with Gasteiger partial charge in [-0.25, -0.2) is 0 Å². The number of rotatable bonds is 6. The molecule has 1 saturated carbocycles. The van der Waals surface area contributed by atoms with E-state index in [1.165, 1.54) is 0 Å².